The Balaban J connectivity index is 1.42. The van der Waals surface area contributed by atoms with Crippen molar-refractivity contribution in [3.05, 3.63) is 78.4 Å². The fourth-order valence-electron chi connectivity index (χ4n) is 6.97. The molecule has 224 valence electrons. The van der Waals surface area contributed by atoms with Crippen molar-refractivity contribution in [1.29, 1.82) is 0 Å². The second kappa shape index (κ2) is 9.97. The van der Waals surface area contributed by atoms with Gasteiger partial charge in [0, 0.05) is 52.5 Å². The van der Waals surface area contributed by atoms with Crippen LogP contribution in [0.25, 0.3) is 43.6 Å². The van der Waals surface area contributed by atoms with E-state index in [1.807, 2.05) is 53.2 Å². The molecule has 5 N–H and O–H groups in total. The molecule has 0 bridgehead atoms. The van der Waals surface area contributed by atoms with Crippen molar-refractivity contribution in [3.63, 3.8) is 0 Å². The Morgan fingerprint density at radius 2 is 1.59 bits per heavy atom. The predicted molar refractivity (Wildman–Crippen MR) is 160 cm³/mol. The predicted octanol–water partition coefficient (Wildman–Crippen LogP) is 2.28. The Bertz CT molecular complexity index is 2100. The molecule has 3 aromatic carbocycles. The molecule has 0 radical (unpaired) electrons. The lowest BCUT2D eigenvalue weighted by Gasteiger charge is -2.41. The summed E-state index contributed by atoms with van der Waals surface area (Å²) < 4.78 is 9.65. The van der Waals surface area contributed by atoms with Crippen LogP contribution in [0.5, 0.6) is 0 Å². The molecule has 44 heavy (non-hydrogen) atoms. The summed E-state index contributed by atoms with van der Waals surface area (Å²) in [7, 11) is 0. The Hall–Kier alpha value is -4.59. The van der Waals surface area contributed by atoms with Crippen molar-refractivity contribution in [2.45, 2.75) is 43.6 Å². The van der Waals surface area contributed by atoms with Crippen LogP contribution in [0.1, 0.15) is 33.4 Å². The smallest absolute Gasteiger partial charge is 0.262 e. The maximum Gasteiger partial charge on any atom is 0.262 e. The molecule has 12 heteroatoms. The van der Waals surface area contributed by atoms with Gasteiger partial charge in [0.1, 0.15) is 24.4 Å². The minimum Gasteiger partial charge on any atom is -0.394 e. The van der Waals surface area contributed by atoms with Gasteiger partial charge in [-0.15, -0.1) is 0 Å². The van der Waals surface area contributed by atoms with Gasteiger partial charge in [-0.2, -0.15) is 0 Å². The zero-order valence-corrected chi connectivity index (χ0v) is 23.4. The number of hydrogen-bond donors (Lipinski definition) is 5. The van der Waals surface area contributed by atoms with E-state index in [0.29, 0.717) is 51.2 Å². The molecule has 2 aliphatic heterocycles. The summed E-state index contributed by atoms with van der Waals surface area (Å²) in [4.78, 5) is 37.3. The highest BCUT2D eigenvalue weighted by Crippen LogP contribution is 2.47. The Morgan fingerprint density at radius 1 is 0.864 bits per heavy atom. The van der Waals surface area contributed by atoms with Crippen LogP contribution in [0.15, 0.2) is 67.3 Å². The van der Waals surface area contributed by atoms with Crippen molar-refractivity contribution in [2.24, 2.45) is 0 Å². The van der Waals surface area contributed by atoms with E-state index in [4.69, 9.17) is 4.74 Å². The van der Waals surface area contributed by atoms with Crippen LogP contribution in [0.2, 0.25) is 0 Å². The van der Waals surface area contributed by atoms with Crippen LogP contribution in [0.4, 0.5) is 0 Å². The molecule has 3 aromatic heterocycles. The first-order chi connectivity index (χ1) is 21.4. The first-order valence-electron chi connectivity index (χ1n) is 14.5. The maximum absolute atomic E-state index is 14.3. The number of carbonyl (C=O) groups is 2. The fourth-order valence-corrected chi connectivity index (χ4v) is 6.97. The van der Waals surface area contributed by atoms with Crippen LogP contribution < -0.4 is 0 Å². The lowest BCUT2D eigenvalue weighted by molar-refractivity contribution is -0.249. The third kappa shape index (κ3) is 3.66. The highest BCUT2D eigenvalue weighted by atomic mass is 16.6. The number of benzene rings is 3. The molecule has 0 unspecified atom stereocenters. The average Bonchev–Trinajstić information content (AvgIpc) is 3.81. The number of imide groups is 1. The summed E-state index contributed by atoms with van der Waals surface area (Å²) in [6, 6.07) is 14.8. The Kier molecular flexibility index (Phi) is 6.12. The van der Waals surface area contributed by atoms with Crippen molar-refractivity contribution in [2.75, 3.05) is 13.2 Å². The number of aromatic nitrogens is 4. The number of imidazole rings is 1. The molecule has 6 aromatic rings. The van der Waals surface area contributed by atoms with Gasteiger partial charge in [0.25, 0.3) is 11.8 Å². The number of aliphatic hydroxyl groups excluding tert-OH is 4. The van der Waals surface area contributed by atoms with Gasteiger partial charge in [-0.1, -0.05) is 36.4 Å². The Morgan fingerprint density at radius 3 is 2.34 bits per heavy atom. The summed E-state index contributed by atoms with van der Waals surface area (Å²) in [5.74, 6) is -0.790. The number of rotatable bonds is 6. The first-order valence-corrected chi connectivity index (χ1v) is 14.5. The van der Waals surface area contributed by atoms with E-state index in [2.05, 4.69) is 9.97 Å². The second-order valence-electron chi connectivity index (χ2n) is 11.4. The monoisotopic (exact) mass is 595 g/mol. The van der Waals surface area contributed by atoms with E-state index in [1.54, 1.807) is 23.2 Å². The molecule has 2 amide bonds. The van der Waals surface area contributed by atoms with Gasteiger partial charge in [-0.25, -0.2) is 4.98 Å². The number of hydrogen-bond acceptors (Lipinski definition) is 8. The SMILES string of the molecule is O=C1c2c(c3c4ccccc4n([C@@H]4O[C@H](CO)[C@@H](O)[C@H](O)[C@H]4O)c3c3[nH]c4ccccc4c23)C(=O)N1CCCn1ccnc1. The molecule has 1 saturated heterocycles. The summed E-state index contributed by atoms with van der Waals surface area (Å²) in [5, 5.41) is 44.9. The molecule has 0 saturated carbocycles. The molecule has 0 spiro atoms. The number of carbonyl (C=O) groups excluding carboxylic acids is 2. The fraction of sp³-hybridized carbons (Fsp3) is 0.281. The zero-order chi connectivity index (χ0) is 30.3. The van der Waals surface area contributed by atoms with Crippen LogP contribution >= 0.6 is 0 Å². The molecule has 5 heterocycles. The lowest BCUT2D eigenvalue weighted by atomic mass is 9.96. The topological polar surface area (TPSA) is 166 Å². The zero-order valence-electron chi connectivity index (χ0n) is 23.4. The largest absolute Gasteiger partial charge is 0.394 e. The lowest BCUT2D eigenvalue weighted by Crippen LogP contribution is -2.56. The summed E-state index contributed by atoms with van der Waals surface area (Å²) in [5.41, 5.74) is 2.98. The van der Waals surface area contributed by atoms with Crippen LogP contribution in [0, 0.1) is 0 Å². The maximum atomic E-state index is 14.3. The summed E-state index contributed by atoms with van der Waals surface area (Å²) in [6.45, 7) is 0.208. The van der Waals surface area contributed by atoms with E-state index >= 15 is 0 Å². The first kappa shape index (κ1) is 27.0. The molecule has 2 aliphatic rings. The van der Waals surface area contributed by atoms with Gasteiger partial charge in [0.15, 0.2) is 6.23 Å². The van der Waals surface area contributed by atoms with Crippen molar-refractivity contribution in [1.82, 2.24) is 24.0 Å². The third-order valence-electron chi connectivity index (χ3n) is 9.00. The molecular weight excluding hydrogens is 566 g/mol. The van der Waals surface area contributed by atoms with Crippen molar-refractivity contribution >= 4 is 55.4 Å². The van der Waals surface area contributed by atoms with Gasteiger partial charge >= 0.3 is 0 Å². The highest BCUT2D eigenvalue weighted by molar-refractivity contribution is 6.39. The van der Waals surface area contributed by atoms with E-state index < -0.39 is 43.2 Å². The van der Waals surface area contributed by atoms with Crippen LogP contribution in [-0.4, -0.2) is 93.8 Å². The Labute approximate surface area is 249 Å². The molecular formula is C32H29N5O7. The number of aryl methyl sites for hydroxylation is 1. The number of nitrogens with zero attached hydrogens (tertiary/aromatic N) is 4. The number of para-hydroxylation sites is 2. The van der Waals surface area contributed by atoms with Gasteiger partial charge in [0.2, 0.25) is 0 Å². The van der Waals surface area contributed by atoms with Gasteiger partial charge in [-0.3, -0.25) is 14.5 Å². The number of aliphatic hydroxyl groups is 4. The minimum absolute atomic E-state index is 0.210. The second-order valence-corrected chi connectivity index (χ2v) is 11.4. The van der Waals surface area contributed by atoms with E-state index in [-0.39, 0.29) is 18.0 Å². The molecule has 0 aliphatic carbocycles. The highest BCUT2D eigenvalue weighted by Gasteiger charge is 2.47. The molecule has 5 atom stereocenters. The number of aromatic amines is 1. The number of H-pyrrole nitrogens is 1. The number of amides is 2. The quantitative estimate of drug-likeness (QED) is 0.183. The molecule has 12 nitrogen and oxygen atoms in total. The normalized spacial score (nSPS) is 24.0. The number of fused-ring (bicyclic) bond motifs is 10. The van der Waals surface area contributed by atoms with E-state index in [9.17, 15) is 30.0 Å². The van der Waals surface area contributed by atoms with Crippen molar-refractivity contribution in [3.8, 4) is 0 Å². The van der Waals surface area contributed by atoms with Crippen LogP contribution in [-0.2, 0) is 11.3 Å². The average molecular weight is 596 g/mol. The summed E-state index contributed by atoms with van der Waals surface area (Å²) in [6.07, 6.45) is -1.36. The van der Waals surface area contributed by atoms with Crippen molar-refractivity contribution < 1.29 is 34.8 Å². The van der Waals surface area contributed by atoms with Gasteiger partial charge < -0.3 is 39.3 Å². The standard InChI is InChI=1S/C32H29N5O7/c38-14-20-27(39)28(40)29(41)32(44-20)37-19-9-4-2-7-17(19)22-24-23(21-16-6-1-3-8-18(16)34-25(21)26(22)37)30(42)36(31(24)43)12-5-11-35-13-10-33-15-35/h1-4,6-10,13,15,20,27-29,32,34,38-41H,5,11-12,14H2/t20-,27-,28+,29-,32-/m1/s1. The summed E-state index contributed by atoms with van der Waals surface area (Å²) >= 11 is 0. The molecule has 8 rings (SSSR count). The van der Waals surface area contributed by atoms with E-state index in [0.717, 1.165) is 10.9 Å². The molecule has 1 fully saturated rings. The third-order valence-corrected chi connectivity index (χ3v) is 9.00. The van der Waals surface area contributed by atoms with Gasteiger partial charge in [0.05, 0.1) is 40.6 Å². The number of ether oxygens (including phenoxy) is 1. The van der Waals surface area contributed by atoms with Crippen LogP contribution in [0.3, 0.4) is 0 Å². The van der Waals surface area contributed by atoms with E-state index in [1.165, 1.54) is 4.90 Å². The minimum atomic E-state index is -1.61. The van der Waals surface area contributed by atoms with Gasteiger partial charge in [-0.05, 0) is 18.6 Å². The number of nitrogens with one attached hydrogen (secondary N) is 1.